The van der Waals surface area contributed by atoms with Crippen molar-refractivity contribution in [2.75, 3.05) is 26.2 Å². The number of amides is 2. The number of aliphatic hydroxyl groups is 1. The van der Waals surface area contributed by atoms with Crippen LogP contribution >= 0.6 is 0 Å². The molecule has 2 heterocycles. The van der Waals surface area contributed by atoms with Crippen LogP contribution in [-0.4, -0.2) is 69.2 Å². The standard InChI is InChI=1S/C32H41N5O3/c1-24(38)34-18-10-17-32(40)16-9-8-15-28(32)37-23-35-29(30(37)26-13-6-3-7-14-26)31(39)36-20-19-33-22-27(36)21-25-11-4-2-5-12-25/h2-7,11-14,23,27-28,33,40H,8-10,15-22H2,1H3,(H,34,38)/t27-,28+,32+/m1/s1. The second-order valence-electron chi connectivity index (χ2n) is 11.2. The zero-order chi connectivity index (χ0) is 28.0. The number of nitrogens with zero attached hydrogens (tertiary/aromatic N) is 3. The molecule has 1 aliphatic heterocycles. The molecular formula is C32H41N5O3. The van der Waals surface area contributed by atoms with Crippen LogP contribution in [0.25, 0.3) is 11.3 Å². The van der Waals surface area contributed by atoms with E-state index in [-0.39, 0.29) is 23.9 Å². The van der Waals surface area contributed by atoms with Gasteiger partial charge in [0, 0.05) is 44.7 Å². The summed E-state index contributed by atoms with van der Waals surface area (Å²) in [6.07, 6.45) is 7.26. The molecule has 40 heavy (non-hydrogen) atoms. The number of benzene rings is 2. The fourth-order valence-electron chi connectivity index (χ4n) is 6.42. The summed E-state index contributed by atoms with van der Waals surface area (Å²) in [5, 5.41) is 18.3. The molecule has 1 aromatic heterocycles. The van der Waals surface area contributed by atoms with Gasteiger partial charge in [-0.15, -0.1) is 0 Å². The number of hydrogen-bond acceptors (Lipinski definition) is 5. The molecule has 0 spiro atoms. The van der Waals surface area contributed by atoms with Gasteiger partial charge >= 0.3 is 0 Å². The van der Waals surface area contributed by atoms with Crippen LogP contribution in [-0.2, 0) is 11.2 Å². The summed E-state index contributed by atoms with van der Waals surface area (Å²) in [5.74, 6) is -0.125. The van der Waals surface area contributed by atoms with Gasteiger partial charge in [-0.2, -0.15) is 0 Å². The Morgan fingerprint density at radius 1 is 1.10 bits per heavy atom. The lowest BCUT2D eigenvalue weighted by Crippen LogP contribution is -2.54. The quantitative estimate of drug-likeness (QED) is 0.355. The molecule has 2 aliphatic rings. The van der Waals surface area contributed by atoms with E-state index in [1.165, 1.54) is 12.5 Å². The third-order valence-corrected chi connectivity index (χ3v) is 8.42. The second-order valence-corrected chi connectivity index (χ2v) is 11.2. The number of piperazine rings is 1. The van der Waals surface area contributed by atoms with Crippen LogP contribution in [0.4, 0.5) is 0 Å². The van der Waals surface area contributed by atoms with Crippen LogP contribution in [0, 0.1) is 0 Å². The first-order valence-corrected chi connectivity index (χ1v) is 14.6. The molecular weight excluding hydrogens is 502 g/mol. The Balaban J connectivity index is 1.47. The van der Waals surface area contributed by atoms with Gasteiger partial charge in [0.1, 0.15) is 0 Å². The van der Waals surface area contributed by atoms with Gasteiger partial charge in [0.15, 0.2) is 5.69 Å². The predicted octanol–water partition coefficient (Wildman–Crippen LogP) is 3.97. The smallest absolute Gasteiger partial charge is 0.275 e. The molecule has 8 heteroatoms. The first kappa shape index (κ1) is 28.1. The molecule has 3 aromatic rings. The molecule has 212 valence electrons. The summed E-state index contributed by atoms with van der Waals surface area (Å²) in [7, 11) is 0. The molecule has 0 bridgehead atoms. The molecule has 2 amide bonds. The maximum Gasteiger partial charge on any atom is 0.275 e. The summed E-state index contributed by atoms with van der Waals surface area (Å²) >= 11 is 0. The van der Waals surface area contributed by atoms with Crippen molar-refractivity contribution in [2.45, 2.75) is 69.6 Å². The first-order valence-electron chi connectivity index (χ1n) is 14.6. The second kappa shape index (κ2) is 12.8. The normalized spacial score (nSPS) is 23.1. The zero-order valence-electron chi connectivity index (χ0n) is 23.4. The average molecular weight is 544 g/mol. The Morgan fingerprint density at radius 3 is 2.60 bits per heavy atom. The Morgan fingerprint density at radius 2 is 1.85 bits per heavy atom. The molecule has 1 saturated carbocycles. The van der Waals surface area contributed by atoms with Crippen molar-refractivity contribution in [3.8, 4) is 11.3 Å². The minimum absolute atomic E-state index is 0.0258. The predicted molar refractivity (Wildman–Crippen MR) is 156 cm³/mol. The monoisotopic (exact) mass is 543 g/mol. The Kier molecular flexibility index (Phi) is 8.97. The lowest BCUT2D eigenvalue weighted by atomic mass is 9.77. The van der Waals surface area contributed by atoms with Crippen LogP contribution in [0.2, 0.25) is 0 Å². The molecule has 0 radical (unpaired) electrons. The summed E-state index contributed by atoms with van der Waals surface area (Å²) in [5.41, 5.74) is 2.40. The van der Waals surface area contributed by atoms with Crippen LogP contribution in [0.3, 0.4) is 0 Å². The number of rotatable bonds is 9. The van der Waals surface area contributed by atoms with Crippen LogP contribution in [0.15, 0.2) is 67.0 Å². The summed E-state index contributed by atoms with van der Waals surface area (Å²) < 4.78 is 2.06. The van der Waals surface area contributed by atoms with Crippen molar-refractivity contribution < 1.29 is 14.7 Å². The van der Waals surface area contributed by atoms with Crippen LogP contribution in [0.1, 0.15) is 67.5 Å². The van der Waals surface area contributed by atoms with E-state index < -0.39 is 5.60 Å². The van der Waals surface area contributed by atoms with E-state index in [4.69, 9.17) is 4.98 Å². The number of hydrogen-bond donors (Lipinski definition) is 3. The molecule has 2 aromatic carbocycles. The summed E-state index contributed by atoms with van der Waals surface area (Å²) in [6, 6.07) is 20.1. The van der Waals surface area contributed by atoms with Gasteiger partial charge in [-0.1, -0.05) is 73.5 Å². The number of imidazole rings is 1. The van der Waals surface area contributed by atoms with E-state index >= 15 is 0 Å². The number of carbonyl (C=O) groups excluding carboxylic acids is 2. The largest absolute Gasteiger partial charge is 0.388 e. The van der Waals surface area contributed by atoms with Crippen LogP contribution < -0.4 is 10.6 Å². The average Bonchev–Trinajstić information content (AvgIpc) is 3.41. The van der Waals surface area contributed by atoms with Crippen molar-refractivity contribution in [3.63, 3.8) is 0 Å². The number of carbonyl (C=O) groups is 2. The van der Waals surface area contributed by atoms with Crippen molar-refractivity contribution in [2.24, 2.45) is 0 Å². The Hall–Kier alpha value is -3.49. The Labute approximate surface area is 236 Å². The molecule has 3 N–H and O–H groups in total. The highest BCUT2D eigenvalue weighted by Gasteiger charge is 2.42. The minimum atomic E-state index is -0.938. The lowest BCUT2D eigenvalue weighted by molar-refractivity contribution is -0.119. The SMILES string of the molecule is CC(=O)NCCC[C@@]1(O)CCCC[C@@H]1n1cnc(C(=O)N2CCNC[C@H]2Cc2ccccc2)c1-c1ccccc1. The van der Waals surface area contributed by atoms with Gasteiger partial charge in [-0.3, -0.25) is 9.59 Å². The van der Waals surface area contributed by atoms with E-state index in [1.54, 1.807) is 6.33 Å². The third kappa shape index (κ3) is 6.29. The maximum atomic E-state index is 14.2. The summed E-state index contributed by atoms with van der Waals surface area (Å²) in [4.78, 5) is 32.3. The highest BCUT2D eigenvalue weighted by molar-refractivity contribution is 5.98. The van der Waals surface area contributed by atoms with E-state index in [0.717, 1.165) is 50.0 Å². The molecule has 3 atom stereocenters. The maximum absolute atomic E-state index is 14.2. The lowest BCUT2D eigenvalue weighted by Gasteiger charge is -2.41. The van der Waals surface area contributed by atoms with E-state index in [9.17, 15) is 14.7 Å². The van der Waals surface area contributed by atoms with Gasteiger partial charge in [-0.25, -0.2) is 4.98 Å². The number of aromatic nitrogens is 2. The van der Waals surface area contributed by atoms with Gasteiger partial charge in [-0.05, 0) is 37.7 Å². The van der Waals surface area contributed by atoms with E-state index in [1.807, 2.05) is 53.4 Å². The van der Waals surface area contributed by atoms with Crippen LogP contribution in [0.5, 0.6) is 0 Å². The minimum Gasteiger partial charge on any atom is -0.388 e. The van der Waals surface area contributed by atoms with Gasteiger partial charge < -0.3 is 25.2 Å². The Bertz CT molecular complexity index is 1280. The van der Waals surface area contributed by atoms with Crippen molar-refractivity contribution >= 4 is 11.8 Å². The number of nitrogens with one attached hydrogen (secondary N) is 2. The highest BCUT2D eigenvalue weighted by Crippen LogP contribution is 2.43. The van der Waals surface area contributed by atoms with Crippen molar-refractivity contribution in [1.29, 1.82) is 0 Å². The van der Waals surface area contributed by atoms with Crippen molar-refractivity contribution in [3.05, 3.63) is 78.2 Å². The molecule has 5 rings (SSSR count). The molecule has 1 aliphatic carbocycles. The van der Waals surface area contributed by atoms with Gasteiger partial charge in [0.25, 0.3) is 5.91 Å². The van der Waals surface area contributed by atoms with Crippen molar-refractivity contribution in [1.82, 2.24) is 25.1 Å². The fraction of sp³-hybridized carbons (Fsp3) is 0.469. The molecule has 8 nitrogen and oxygen atoms in total. The molecule has 2 fully saturated rings. The topological polar surface area (TPSA) is 99.5 Å². The molecule has 1 saturated heterocycles. The zero-order valence-corrected chi connectivity index (χ0v) is 23.4. The first-order chi connectivity index (χ1) is 19.5. The summed E-state index contributed by atoms with van der Waals surface area (Å²) in [6.45, 7) is 4.15. The third-order valence-electron chi connectivity index (χ3n) is 8.42. The highest BCUT2D eigenvalue weighted by atomic mass is 16.3. The van der Waals surface area contributed by atoms with Gasteiger partial charge in [0.05, 0.1) is 23.7 Å². The van der Waals surface area contributed by atoms with E-state index in [2.05, 4.69) is 27.3 Å². The van der Waals surface area contributed by atoms with E-state index in [0.29, 0.717) is 38.0 Å². The van der Waals surface area contributed by atoms with Gasteiger partial charge in [0.2, 0.25) is 5.91 Å². The fourth-order valence-corrected chi connectivity index (χ4v) is 6.42. The molecule has 0 unspecified atom stereocenters.